The third-order valence-electron chi connectivity index (χ3n) is 3.25. The number of rotatable bonds is 4. The summed E-state index contributed by atoms with van der Waals surface area (Å²) in [7, 11) is 0. The van der Waals surface area contributed by atoms with Gasteiger partial charge in [0.25, 0.3) is 0 Å². The highest BCUT2D eigenvalue weighted by Gasteiger charge is 2.26. The van der Waals surface area contributed by atoms with E-state index in [1.807, 2.05) is 0 Å². The molecule has 0 radical (unpaired) electrons. The van der Waals surface area contributed by atoms with Gasteiger partial charge in [0.05, 0.1) is 18.1 Å². The Balaban J connectivity index is 1.85. The fourth-order valence-electron chi connectivity index (χ4n) is 2.27. The third kappa shape index (κ3) is 2.61. The third-order valence-corrected chi connectivity index (χ3v) is 3.25. The van der Waals surface area contributed by atoms with Crippen LogP contribution in [0.5, 0.6) is 0 Å². The molecular formula is C11H18N4O. The normalized spacial score (nSPS) is 24.6. The fraction of sp³-hybridized carbons (Fsp3) is 0.636. The van der Waals surface area contributed by atoms with Gasteiger partial charge in [-0.1, -0.05) is 6.42 Å². The number of nitrogens with two attached hydrogens (primary N) is 1. The molecule has 0 saturated heterocycles. The molecule has 0 bridgehead atoms. The zero-order valence-corrected chi connectivity index (χ0v) is 9.26. The highest BCUT2D eigenvalue weighted by Crippen LogP contribution is 2.31. The summed E-state index contributed by atoms with van der Waals surface area (Å²) < 4.78 is 0. The lowest BCUT2D eigenvalue weighted by Gasteiger charge is -2.17. The van der Waals surface area contributed by atoms with Crippen LogP contribution in [0, 0.1) is 11.8 Å². The van der Waals surface area contributed by atoms with E-state index < -0.39 is 0 Å². The van der Waals surface area contributed by atoms with Crippen LogP contribution in [0.2, 0.25) is 0 Å². The van der Waals surface area contributed by atoms with Gasteiger partial charge in [0.1, 0.15) is 0 Å². The second kappa shape index (κ2) is 5.12. The van der Waals surface area contributed by atoms with Crippen molar-refractivity contribution in [1.82, 2.24) is 9.97 Å². The molecule has 88 valence electrons. The summed E-state index contributed by atoms with van der Waals surface area (Å²) in [6.07, 6.45) is 6.69. The standard InChI is InChI=1S/C11H18N4O/c12-10-5-14-11(15-6-10)13-4-8-2-1-3-9(8)7-16/h5-6,8-9,16H,1-4,7,12H2,(H,13,14,15). The SMILES string of the molecule is Nc1cnc(NCC2CCCC2CO)nc1. The first kappa shape index (κ1) is 11.1. The molecule has 0 aliphatic heterocycles. The lowest BCUT2D eigenvalue weighted by Crippen LogP contribution is -2.21. The summed E-state index contributed by atoms with van der Waals surface area (Å²) in [6, 6.07) is 0. The Hall–Kier alpha value is -1.36. The molecule has 16 heavy (non-hydrogen) atoms. The van der Waals surface area contributed by atoms with E-state index in [4.69, 9.17) is 5.73 Å². The molecule has 0 spiro atoms. The van der Waals surface area contributed by atoms with Gasteiger partial charge in [0.15, 0.2) is 0 Å². The van der Waals surface area contributed by atoms with E-state index in [0.717, 1.165) is 13.0 Å². The van der Waals surface area contributed by atoms with Crippen LogP contribution in [0.25, 0.3) is 0 Å². The molecule has 2 atom stereocenters. The van der Waals surface area contributed by atoms with E-state index in [9.17, 15) is 5.11 Å². The van der Waals surface area contributed by atoms with Crippen LogP contribution in [0.15, 0.2) is 12.4 Å². The number of nitrogen functional groups attached to an aromatic ring is 1. The maximum Gasteiger partial charge on any atom is 0.222 e. The molecule has 5 nitrogen and oxygen atoms in total. The largest absolute Gasteiger partial charge is 0.396 e. The Labute approximate surface area is 95.1 Å². The van der Waals surface area contributed by atoms with Crippen LogP contribution in [-0.4, -0.2) is 28.2 Å². The van der Waals surface area contributed by atoms with Crippen LogP contribution in [0.4, 0.5) is 11.6 Å². The van der Waals surface area contributed by atoms with E-state index >= 15 is 0 Å². The minimum Gasteiger partial charge on any atom is -0.396 e. The van der Waals surface area contributed by atoms with E-state index in [1.165, 1.54) is 12.8 Å². The summed E-state index contributed by atoms with van der Waals surface area (Å²) in [6.45, 7) is 1.12. The molecule has 1 saturated carbocycles. The Morgan fingerprint density at radius 1 is 1.31 bits per heavy atom. The highest BCUT2D eigenvalue weighted by atomic mass is 16.3. The molecule has 2 unspecified atom stereocenters. The van der Waals surface area contributed by atoms with Gasteiger partial charge in [-0.15, -0.1) is 0 Å². The van der Waals surface area contributed by atoms with Crippen LogP contribution < -0.4 is 11.1 Å². The summed E-state index contributed by atoms with van der Waals surface area (Å²) in [5.41, 5.74) is 6.07. The van der Waals surface area contributed by atoms with Gasteiger partial charge in [-0.3, -0.25) is 0 Å². The van der Waals surface area contributed by atoms with Crippen molar-refractivity contribution in [2.75, 3.05) is 24.2 Å². The van der Waals surface area contributed by atoms with Crippen molar-refractivity contribution in [1.29, 1.82) is 0 Å². The minimum absolute atomic E-state index is 0.287. The van der Waals surface area contributed by atoms with Crippen LogP contribution in [-0.2, 0) is 0 Å². The zero-order valence-electron chi connectivity index (χ0n) is 9.26. The van der Waals surface area contributed by atoms with Crippen molar-refractivity contribution in [2.24, 2.45) is 11.8 Å². The summed E-state index contributed by atoms with van der Waals surface area (Å²) in [5.74, 6) is 1.57. The van der Waals surface area contributed by atoms with Crippen molar-refractivity contribution in [3.05, 3.63) is 12.4 Å². The van der Waals surface area contributed by atoms with Gasteiger partial charge in [-0.25, -0.2) is 9.97 Å². The van der Waals surface area contributed by atoms with Crippen molar-refractivity contribution >= 4 is 11.6 Å². The van der Waals surface area contributed by atoms with Gasteiger partial charge in [0.2, 0.25) is 5.95 Å². The molecular weight excluding hydrogens is 204 g/mol. The Morgan fingerprint density at radius 2 is 2.00 bits per heavy atom. The maximum atomic E-state index is 9.19. The minimum atomic E-state index is 0.287. The predicted octanol–water partition coefficient (Wildman–Crippen LogP) is 0.879. The van der Waals surface area contributed by atoms with Crippen molar-refractivity contribution in [3.8, 4) is 0 Å². The molecule has 4 N–H and O–H groups in total. The first-order valence-corrected chi connectivity index (χ1v) is 5.72. The lowest BCUT2D eigenvalue weighted by molar-refractivity contribution is 0.199. The highest BCUT2D eigenvalue weighted by molar-refractivity contribution is 5.35. The van der Waals surface area contributed by atoms with Crippen LogP contribution >= 0.6 is 0 Å². The average Bonchev–Trinajstić information content (AvgIpc) is 2.76. The van der Waals surface area contributed by atoms with Gasteiger partial charge < -0.3 is 16.2 Å². The molecule has 1 heterocycles. The van der Waals surface area contributed by atoms with Gasteiger partial charge in [-0.05, 0) is 24.7 Å². The number of hydrogen-bond donors (Lipinski definition) is 3. The Kier molecular flexibility index (Phi) is 3.56. The molecule has 1 aliphatic rings. The monoisotopic (exact) mass is 222 g/mol. The number of nitrogens with zero attached hydrogens (tertiary/aromatic N) is 2. The summed E-state index contributed by atoms with van der Waals surface area (Å²) >= 11 is 0. The zero-order chi connectivity index (χ0) is 11.4. The van der Waals surface area contributed by atoms with Gasteiger partial charge >= 0.3 is 0 Å². The predicted molar refractivity (Wildman–Crippen MR) is 62.9 cm³/mol. The molecule has 1 aliphatic carbocycles. The number of hydrogen-bond acceptors (Lipinski definition) is 5. The van der Waals surface area contributed by atoms with Crippen molar-refractivity contribution in [2.45, 2.75) is 19.3 Å². The van der Waals surface area contributed by atoms with Gasteiger partial charge in [-0.2, -0.15) is 0 Å². The van der Waals surface area contributed by atoms with E-state index in [0.29, 0.717) is 23.5 Å². The maximum absolute atomic E-state index is 9.19. The Bertz CT molecular complexity index is 327. The van der Waals surface area contributed by atoms with E-state index in [-0.39, 0.29) is 6.61 Å². The van der Waals surface area contributed by atoms with E-state index in [2.05, 4.69) is 15.3 Å². The average molecular weight is 222 g/mol. The molecule has 1 aromatic heterocycles. The smallest absolute Gasteiger partial charge is 0.222 e. The molecule has 2 rings (SSSR count). The molecule has 5 heteroatoms. The quantitative estimate of drug-likeness (QED) is 0.704. The number of aliphatic hydroxyl groups excluding tert-OH is 1. The van der Waals surface area contributed by atoms with Crippen LogP contribution in [0.3, 0.4) is 0 Å². The molecule has 1 fully saturated rings. The first-order chi connectivity index (χ1) is 7.79. The first-order valence-electron chi connectivity index (χ1n) is 5.72. The molecule has 0 amide bonds. The molecule has 1 aromatic rings. The molecule has 0 aromatic carbocycles. The number of aliphatic hydroxyl groups is 1. The second-order valence-corrected chi connectivity index (χ2v) is 4.35. The van der Waals surface area contributed by atoms with Gasteiger partial charge in [0, 0.05) is 13.2 Å². The second-order valence-electron chi connectivity index (χ2n) is 4.35. The topological polar surface area (TPSA) is 84.1 Å². The number of anilines is 2. The van der Waals surface area contributed by atoms with Crippen molar-refractivity contribution in [3.63, 3.8) is 0 Å². The number of aromatic nitrogens is 2. The lowest BCUT2D eigenvalue weighted by atomic mass is 9.97. The number of nitrogens with one attached hydrogen (secondary N) is 1. The summed E-state index contributed by atoms with van der Waals surface area (Å²) in [4.78, 5) is 8.16. The van der Waals surface area contributed by atoms with E-state index in [1.54, 1.807) is 12.4 Å². The van der Waals surface area contributed by atoms with Crippen molar-refractivity contribution < 1.29 is 5.11 Å². The van der Waals surface area contributed by atoms with Crippen LogP contribution in [0.1, 0.15) is 19.3 Å². The fourth-order valence-corrected chi connectivity index (χ4v) is 2.27. The summed E-state index contributed by atoms with van der Waals surface area (Å²) in [5, 5.41) is 12.4. The Morgan fingerprint density at radius 3 is 2.69 bits per heavy atom.